The molecule has 112 valence electrons. The number of nitrogens with one attached hydrogen (secondary N) is 1. The molecule has 1 nitrogen and oxygen atoms in total. The van der Waals surface area contributed by atoms with E-state index in [4.69, 9.17) is 0 Å². The summed E-state index contributed by atoms with van der Waals surface area (Å²) in [5, 5.41) is 3.71. The third-order valence-corrected chi connectivity index (χ3v) is 5.07. The van der Waals surface area contributed by atoms with Gasteiger partial charge < -0.3 is 5.32 Å². The van der Waals surface area contributed by atoms with Gasteiger partial charge in [0.15, 0.2) is 0 Å². The lowest BCUT2D eigenvalue weighted by Crippen LogP contribution is -2.34. The molecule has 0 aliphatic heterocycles. The zero-order valence-electron chi connectivity index (χ0n) is 13.9. The van der Waals surface area contributed by atoms with E-state index in [9.17, 15) is 0 Å². The molecule has 1 atom stereocenters. The van der Waals surface area contributed by atoms with E-state index >= 15 is 0 Å². The molecule has 1 rings (SSSR count). The van der Waals surface area contributed by atoms with Gasteiger partial charge in [-0.3, -0.25) is 0 Å². The summed E-state index contributed by atoms with van der Waals surface area (Å²) in [6.45, 7) is 17.1. The number of hydrogen-bond acceptors (Lipinski definition) is 1. The van der Waals surface area contributed by atoms with Crippen LogP contribution in [0.5, 0.6) is 0 Å². The molecule has 0 bridgehead atoms. The van der Waals surface area contributed by atoms with Crippen molar-refractivity contribution in [2.45, 2.75) is 58.5 Å². The van der Waals surface area contributed by atoms with Gasteiger partial charge in [0.1, 0.15) is 0 Å². The van der Waals surface area contributed by atoms with Gasteiger partial charge in [0.25, 0.3) is 0 Å². The highest BCUT2D eigenvalue weighted by Gasteiger charge is 2.19. The summed E-state index contributed by atoms with van der Waals surface area (Å²) >= 11 is 0. The molecular formula is C18H31NSi. The first-order valence-electron chi connectivity index (χ1n) is 7.72. The predicted molar refractivity (Wildman–Crippen MR) is 93.8 cm³/mol. The molecule has 0 saturated carbocycles. The van der Waals surface area contributed by atoms with Crippen molar-refractivity contribution in [3.8, 4) is 0 Å². The first-order valence-corrected chi connectivity index (χ1v) is 11.4. The van der Waals surface area contributed by atoms with Crippen LogP contribution in [0.25, 0.3) is 0 Å². The van der Waals surface area contributed by atoms with Gasteiger partial charge in [-0.15, -0.1) is 6.58 Å². The maximum Gasteiger partial charge on any atom is 0.0483 e. The largest absolute Gasteiger partial charge is 0.309 e. The second-order valence-electron chi connectivity index (χ2n) is 7.41. The predicted octanol–water partition coefficient (Wildman–Crippen LogP) is 5.09. The number of hydrogen-bond donors (Lipinski definition) is 1. The van der Waals surface area contributed by atoms with Crippen molar-refractivity contribution in [3.63, 3.8) is 0 Å². The summed E-state index contributed by atoms with van der Waals surface area (Å²) in [4.78, 5) is 0. The minimum absolute atomic E-state index is 0.527. The van der Waals surface area contributed by atoms with Gasteiger partial charge in [-0.25, -0.2) is 0 Å². The zero-order valence-corrected chi connectivity index (χ0v) is 14.9. The molecule has 2 heteroatoms. The minimum atomic E-state index is -1.04. The molecule has 0 aliphatic rings. The molecule has 0 radical (unpaired) electrons. The standard InChI is InChI=1S/C18H31NSi/c1-15(2)18(12-16(3)14-20(4,5)6)19-13-17-10-8-7-9-11-17/h7-11,15,18-19H,3,12-14H2,1-2,4-6H3/t18-/m1/s1. The van der Waals surface area contributed by atoms with Crippen molar-refractivity contribution in [1.82, 2.24) is 5.32 Å². The van der Waals surface area contributed by atoms with Gasteiger partial charge in [-0.2, -0.15) is 0 Å². The fraction of sp³-hybridized carbons (Fsp3) is 0.556. The third kappa shape index (κ3) is 7.06. The highest BCUT2D eigenvalue weighted by Crippen LogP contribution is 2.21. The van der Waals surface area contributed by atoms with Crippen LogP contribution in [-0.2, 0) is 6.54 Å². The molecular weight excluding hydrogens is 258 g/mol. The Morgan fingerprint density at radius 2 is 1.75 bits per heavy atom. The van der Waals surface area contributed by atoms with Crippen molar-refractivity contribution in [1.29, 1.82) is 0 Å². The Hall–Kier alpha value is -0.863. The SMILES string of the molecule is C=C(C[C@@H](NCc1ccccc1)C(C)C)C[Si](C)(C)C. The van der Waals surface area contributed by atoms with E-state index in [0.717, 1.165) is 13.0 Å². The van der Waals surface area contributed by atoms with Crippen molar-refractivity contribution in [2.75, 3.05) is 0 Å². The van der Waals surface area contributed by atoms with Crippen LogP contribution in [0.2, 0.25) is 25.7 Å². The summed E-state index contributed by atoms with van der Waals surface area (Å²) in [6.07, 6.45) is 1.11. The lowest BCUT2D eigenvalue weighted by atomic mass is 9.97. The van der Waals surface area contributed by atoms with Gasteiger partial charge in [-0.1, -0.05) is 69.4 Å². The monoisotopic (exact) mass is 289 g/mol. The highest BCUT2D eigenvalue weighted by atomic mass is 28.3. The normalized spacial score (nSPS) is 13.5. The molecule has 0 spiro atoms. The molecule has 0 heterocycles. The molecule has 0 amide bonds. The highest BCUT2D eigenvalue weighted by molar-refractivity contribution is 6.76. The molecule has 1 aromatic carbocycles. The van der Waals surface area contributed by atoms with Gasteiger partial charge in [0.05, 0.1) is 0 Å². The summed E-state index contributed by atoms with van der Waals surface area (Å²) in [5.74, 6) is 0.636. The van der Waals surface area contributed by atoms with Crippen molar-refractivity contribution < 1.29 is 0 Å². The van der Waals surface area contributed by atoms with Crippen molar-refractivity contribution in [2.24, 2.45) is 5.92 Å². The average molecular weight is 290 g/mol. The van der Waals surface area contributed by atoms with E-state index in [1.54, 1.807) is 0 Å². The topological polar surface area (TPSA) is 12.0 Å². The first kappa shape index (κ1) is 17.2. The van der Waals surface area contributed by atoms with E-state index in [1.807, 2.05) is 0 Å². The van der Waals surface area contributed by atoms with Crippen molar-refractivity contribution >= 4 is 8.07 Å². The third-order valence-electron chi connectivity index (χ3n) is 3.50. The van der Waals surface area contributed by atoms with Crippen LogP contribution < -0.4 is 5.32 Å². The molecule has 0 unspecified atom stereocenters. The Balaban J connectivity index is 2.51. The van der Waals surface area contributed by atoms with Crippen LogP contribution >= 0.6 is 0 Å². The number of benzene rings is 1. The van der Waals surface area contributed by atoms with Crippen LogP contribution in [-0.4, -0.2) is 14.1 Å². The first-order chi connectivity index (χ1) is 9.28. The van der Waals surface area contributed by atoms with E-state index in [2.05, 4.69) is 75.7 Å². The summed E-state index contributed by atoms with van der Waals surface area (Å²) in [7, 11) is -1.04. The lowest BCUT2D eigenvalue weighted by molar-refractivity contribution is 0.394. The Morgan fingerprint density at radius 3 is 2.25 bits per heavy atom. The quantitative estimate of drug-likeness (QED) is 0.519. The van der Waals surface area contributed by atoms with Crippen LogP contribution in [0.4, 0.5) is 0 Å². The molecule has 1 aromatic rings. The minimum Gasteiger partial charge on any atom is -0.309 e. The Labute approximate surface area is 126 Å². The van der Waals surface area contributed by atoms with E-state index < -0.39 is 8.07 Å². The molecule has 0 aliphatic carbocycles. The summed E-state index contributed by atoms with van der Waals surface area (Å²) in [5.41, 5.74) is 2.78. The second kappa shape index (κ2) is 7.80. The molecule has 0 fully saturated rings. The Kier molecular flexibility index (Phi) is 6.70. The second-order valence-corrected chi connectivity index (χ2v) is 12.9. The van der Waals surface area contributed by atoms with Gasteiger partial charge in [-0.05, 0) is 23.9 Å². The summed E-state index contributed by atoms with van der Waals surface area (Å²) < 4.78 is 0. The molecule has 1 N–H and O–H groups in total. The van der Waals surface area contributed by atoms with Crippen LogP contribution in [0.15, 0.2) is 42.5 Å². The molecule has 0 saturated heterocycles. The fourth-order valence-corrected chi connectivity index (χ4v) is 4.17. The van der Waals surface area contributed by atoms with Crippen LogP contribution in [0.3, 0.4) is 0 Å². The Morgan fingerprint density at radius 1 is 1.15 bits per heavy atom. The lowest BCUT2D eigenvalue weighted by Gasteiger charge is -2.26. The van der Waals surface area contributed by atoms with Gasteiger partial charge >= 0.3 is 0 Å². The maximum absolute atomic E-state index is 4.31. The average Bonchev–Trinajstić information content (AvgIpc) is 2.33. The van der Waals surface area contributed by atoms with Crippen LogP contribution in [0, 0.1) is 5.92 Å². The molecule has 20 heavy (non-hydrogen) atoms. The van der Waals surface area contributed by atoms with Crippen LogP contribution in [0.1, 0.15) is 25.8 Å². The smallest absolute Gasteiger partial charge is 0.0483 e. The summed E-state index contributed by atoms with van der Waals surface area (Å²) in [6, 6.07) is 12.4. The fourth-order valence-electron chi connectivity index (χ4n) is 2.52. The Bertz CT molecular complexity index is 403. The van der Waals surface area contributed by atoms with Gasteiger partial charge in [0.2, 0.25) is 0 Å². The zero-order chi connectivity index (χ0) is 15.2. The maximum atomic E-state index is 4.31. The number of rotatable bonds is 8. The van der Waals surface area contributed by atoms with Gasteiger partial charge in [0, 0.05) is 20.7 Å². The van der Waals surface area contributed by atoms with E-state index in [1.165, 1.54) is 17.2 Å². The van der Waals surface area contributed by atoms with E-state index in [0.29, 0.717) is 12.0 Å². The molecule has 0 aromatic heterocycles. The van der Waals surface area contributed by atoms with Crippen molar-refractivity contribution in [3.05, 3.63) is 48.0 Å². The van der Waals surface area contributed by atoms with E-state index in [-0.39, 0.29) is 0 Å².